The van der Waals surface area contributed by atoms with Gasteiger partial charge in [0.15, 0.2) is 0 Å². The number of H-pyrrole nitrogens is 1. The molecule has 0 spiro atoms. The van der Waals surface area contributed by atoms with Gasteiger partial charge in [-0.05, 0) is 60.5 Å². The average Bonchev–Trinajstić information content (AvgIpc) is 3.06. The quantitative estimate of drug-likeness (QED) is 0.344. The number of nitriles is 1. The number of hydrogen-bond donors (Lipinski definition) is 2. The smallest absolute Gasteiger partial charge is 0.266 e. The molecule has 3 aromatic carbocycles. The Hall–Kier alpha value is -3.55. The predicted octanol–water partition coefficient (Wildman–Crippen LogP) is 5.83. The highest BCUT2D eigenvalue weighted by Crippen LogP contribution is 2.27. The van der Waals surface area contributed by atoms with E-state index in [4.69, 9.17) is 11.6 Å². The maximum absolute atomic E-state index is 12.6. The molecule has 0 atom stereocenters. The average molecular weight is 386 g/mol. The Labute approximate surface area is 167 Å². The van der Waals surface area contributed by atoms with E-state index in [2.05, 4.69) is 10.3 Å². The molecule has 28 heavy (non-hydrogen) atoms. The summed E-state index contributed by atoms with van der Waals surface area (Å²) in [4.78, 5) is 15.9. The molecule has 0 aliphatic carbocycles. The summed E-state index contributed by atoms with van der Waals surface area (Å²) in [6, 6.07) is 21.0. The van der Waals surface area contributed by atoms with Gasteiger partial charge >= 0.3 is 0 Å². The molecule has 0 unspecified atom stereocenters. The third-order valence-electron chi connectivity index (χ3n) is 4.64. The van der Waals surface area contributed by atoms with Crippen LogP contribution >= 0.6 is 11.6 Å². The molecular formula is C23H16ClN3O. The molecule has 0 saturated heterocycles. The fraction of sp³-hybridized carbons (Fsp3) is 0.0435. The summed E-state index contributed by atoms with van der Waals surface area (Å²) >= 11 is 5.95. The first-order chi connectivity index (χ1) is 13.5. The van der Waals surface area contributed by atoms with Crippen molar-refractivity contribution in [3.05, 3.63) is 82.4 Å². The lowest BCUT2D eigenvalue weighted by atomic mass is 10.1. The predicted molar refractivity (Wildman–Crippen MR) is 114 cm³/mol. The summed E-state index contributed by atoms with van der Waals surface area (Å²) in [6.07, 6.45) is 1.60. The van der Waals surface area contributed by atoms with E-state index in [0.717, 1.165) is 32.9 Å². The van der Waals surface area contributed by atoms with Gasteiger partial charge in [-0.25, -0.2) is 0 Å². The first-order valence-electron chi connectivity index (χ1n) is 8.75. The number of fused-ring (bicyclic) bond motifs is 3. The van der Waals surface area contributed by atoms with Crippen molar-refractivity contribution in [1.29, 1.82) is 5.26 Å². The van der Waals surface area contributed by atoms with Crippen LogP contribution in [0.4, 0.5) is 5.69 Å². The van der Waals surface area contributed by atoms with Crippen molar-refractivity contribution in [1.82, 2.24) is 4.98 Å². The number of amides is 1. The molecule has 0 fully saturated rings. The van der Waals surface area contributed by atoms with Gasteiger partial charge in [-0.2, -0.15) is 5.26 Å². The van der Waals surface area contributed by atoms with Gasteiger partial charge in [-0.15, -0.1) is 0 Å². The number of nitrogens with one attached hydrogen (secondary N) is 2. The SMILES string of the molecule is Cc1cc(Cl)ccc1NC(=O)/C(C#N)=C/c1ccc2[nH]c3ccccc3c2c1. The number of carbonyl (C=O) groups excluding carboxylic acids is 1. The molecule has 0 radical (unpaired) electrons. The van der Waals surface area contributed by atoms with Crippen LogP contribution in [0.3, 0.4) is 0 Å². The zero-order valence-electron chi connectivity index (χ0n) is 15.1. The Bertz CT molecular complexity index is 1290. The Balaban J connectivity index is 1.68. The minimum atomic E-state index is -0.452. The summed E-state index contributed by atoms with van der Waals surface area (Å²) in [5.41, 5.74) is 4.35. The molecule has 0 saturated carbocycles. The summed E-state index contributed by atoms with van der Waals surface area (Å²) in [5, 5.41) is 15.0. The van der Waals surface area contributed by atoms with Gasteiger partial charge in [0.2, 0.25) is 0 Å². The molecule has 1 heterocycles. The van der Waals surface area contributed by atoms with Gasteiger partial charge in [-0.3, -0.25) is 4.79 Å². The summed E-state index contributed by atoms with van der Waals surface area (Å²) in [6.45, 7) is 1.85. The van der Waals surface area contributed by atoms with Crippen molar-refractivity contribution in [2.24, 2.45) is 0 Å². The highest BCUT2D eigenvalue weighted by molar-refractivity contribution is 6.30. The van der Waals surface area contributed by atoms with Gasteiger partial charge in [0.1, 0.15) is 11.6 Å². The van der Waals surface area contributed by atoms with Crippen LogP contribution in [0, 0.1) is 18.3 Å². The number of benzene rings is 3. The second-order valence-corrected chi connectivity index (χ2v) is 7.00. The fourth-order valence-corrected chi connectivity index (χ4v) is 3.45. The molecule has 0 aliphatic heterocycles. The summed E-state index contributed by atoms with van der Waals surface area (Å²) in [5.74, 6) is -0.452. The van der Waals surface area contributed by atoms with E-state index in [-0.39, 0.29) is 5.57 Å². The molecule has 1 aromatic heterocycles. The maximum atomic E-state index is 12.6. The Morgan fingerprint density at radius 3 is 2.64 bits per heavy atom. The minimum absolute atomic E-state index is 0.0357. The number of para-hydroxylation sites is 1. The van der Waals surface area contributed by atoms with Crippen LogP contribution in [0.1, 0.15) is 11.1 Å². The van der Waals surface area contributed by atoms with E-state index < -0.39 is 5.91 Å². The number of anilines is 1. The number of aryl methyl sites for hydroxylation is 1. The van der Waals surface area contributed by atoms with Crippen molar-refractivity contribution < 1.29 is 4.79 Å². The lowest BCUT2D eigenvalue weighted by Gasteiger charge is -2.08. The Morgan fingerprint density at radius 2 is 1.86 bits per heavy atom. The van der Waals surface area contributed by atoms with Crippen LogP contribution in [0.25, 0.3) is 27.9 Å². The number of aromatic amines is 1. The van der Waals surface area contributed by atoms with Gasteiger partial charge in [0.05, 0.1) is 0 Å². The maximum Gasteiger partial charge on any atom is 0.266 e. The largest absolute Gasteiger partial charge is 0.355 e. The van der Waals surface area contributed by atoms with Crippen molar-refractivity contribution in [3.8, 4) is 6.07 Å². The zero-order chi connectivity index (χ0) is 19.7. The number of carbonyl (C=O) groups is 1. The molecule has 5 heteroatoms. The van der Waals surface area contributed by atoms with Crippen LogP contribution in [0.2, 0.25) is 5.02 Å². The molecule has 4 nitrogen and oxygen atoms in total. The van der Waals surface area contributed by atoms with Gasteiger partial charge < -0.3 is 10.3 Å². The van der Waals surface area contributed by atoms with Crippen LogP contribution < -0.4 is 5.32 Å². The fourth-order valence-electron chi connectivity index (χ4n) is 3.23. The zero-order valence-corrected chi connectivity index (χ0v) is 15.8. The number of rotatable bonds is 3. The molecule has 0 aliphatic rings. The van der Waals surface area contributed by atoms with Crippen molar-refractivity contribution >= 4 is 51.1 Å². The Kier molecular flexibility index (Phi) is 4.60. The van der Waals surface area contributed by atoms with Crippen molar-refractivity contribution in [3.63, 3.8) is 0 Å². The van der Waals surface area contributed by atoms with Gasteiger partial charge in [-0.1, -0.05) is 35.9 Å². The van der Waals surface area contributed by atoms with Crippen LogP contribution in [-0.4, -0.2) is 10.9 Å². The molecule has 1 amide bonds. The molecule has 0 bridgehead atoms. The normalized spacial score (nSPS) is 11.5. The van der Waals surface area contributed by atoms with E-state index in [1.807, 2.05) is 55.5 Å². The third kappa shape index (κ3) is 3.36. The summed E-state index contributed by atoms with van der Waals surface area (Å²) in [7, 11) is 0. The van der Waals surface area contributed by atoms with Gasteiger partial charge in [0, 0.05) is 32.5 Å². The number of halogens is 1. The van der Waals surface area contributed by atoms with E-state index in [0.29, 0.717) is 10.7 Å². The first kappa shape index (κ1) is 17.8. The van der Waals surface area contributed by atoms with Crippen LogP contribution in [0.5, 0.6) is 0 Å². The van der Waals surface area contributed by atoms with Crippen LogP contribution in [0.15, 0.2) is 66.2 Å². The van der Waals surface area contributed by atoms with Crippen molar-refractivity contribution in [2.75, 3.05) is 5.32 Å². The highest BCUT2D eigenvalue weighted by Gasteiger charge is 2.12. The molecule has 136 valence electrons. The number of hydrogen-bond acceptors (Lipinski definition) is 2. The third-order valence-corrected chi connectivity index (χ3v) is 4.88. The number of aromatic nitrogens is 1. The summed E-state index contributed by atoms with van der Waals surface area (Å²) < 4.78 is 0. The monoisotopic (exact) mass is 385 g/mol. The molecule has 4 aromatic rings. The van der Waals surface area contributed by atoms with Crippen molar-refractivity contribution in [2.45, 2.75) is 6.92 Å². The molecule has 4 rings (SSSR count). The lowest BCUT2D eigenvalue weighted by Crippen LogP contribution is -2.14. The Morgan fingerprint density at radius 1 is 1.07 bits per heavy atom. The lowest BCUT2D eigenvalue weighted by molar-refractivity contribution is -0.112. The number of nitrogens with zero attached hydrogens (tertiary/aromatic N) is 1. The van der Waals surface area contributed by atoms with E-state index in [9.17, 15) is 10.1 Å². The second-order valence-electron chi connectivity index (χ2n) is 6.56. The van der Waals surface area contributed by atoms with E-state index in [1.165, 1.54) is 0 Å². The van der Waals surface area contributed by atoms with Crippen LogP contribution in [-0.2, 0) is 4.79 Å². The highest BCUT2D eigenvalue weighted by atomic mass is 35.5. The topological polar surface area (TPSA) is 68.7 Å². The first-order valence-corrected chi connectivity index (χ1v) is 9.13. The molecule has 2 N–H and O–H groups in total. The minimum Gasteiger partial charge on any atom is -0.355 e. The molecular weight excluding hydrogens is 370 g/mol. The van der Waals surface area contributed by atoms with E-state index in [1.54, 1.807) is 24.3 Å². The van der Waals surface area contributed by atoms with Gasteiger partial charge in [0.25, 0.3) is 5.91 Å². The standard InChI is InChI=1S/C23H16ClN3O/c1-14-10-17(24)7-9-20(14)27-23(28)16(13-25)11-15-6-8-22-19(12-15)18-4-2-3-5-21(18)26-22/h2-12,26H,1H3,(H,27,28)/b16-11+. The second kappa shape index (κ2) is 7.22. The van der Waals surface area contributed by atoms with E-state index >= 15 is 0 Å².